The Morgan fingerprint density at radius 3 is 2.85 bits per heavy atom. The summed E-state index contributed by atoms with van der Waals surface area (Å²) in [6.07, 6.45) is 2.46. The number of amides is 2. The van der Waals surface area contributed by atoms with Gasteiger partial charge in [-0.3, -0.25) is 24.5 Å². The van der Waals surface area contributed by atoms with Gasteiger partial charge in [0.05, 0.1) is 27.7 Å². The fourth-order valence-corrected chi connectivity index (χ4v) is 4.01. The van der Waals surface area contributed by atoms with Crippen LogP contribution in [0, 0.1) is 0 Å². The molecule has 2 N–H and O–H groups in total. The minimum absolute atomic E-state index is 0.0509. The van der Waals surface area contributed by atoms with Crippen molar-refractivity contribution >= 4 is 23.2 Å². The van der Waals surface area contributed by atoms with Crippen LogP contribution in [-0.2, 0) is 13.1 Å². The van der Waals surface area contributed by atoms with Crippen molar-refractivity contribution in [1.29, 1.82) is 0 Å². The van der Waals surface area contributed by atoms with E-state index in [2.05, 4.69) is 10.1 Å². The summed E-state index contributed by atoms with van der Waals surface area (Å²) in [6.45, 7) is 1.59. The van der Waals surface area contributed by atoms with Crippen LogP contribution >= 0.6 is 11.3 Å². The highest BCUT2D eigenvalue weighted by molar-refractivity contribution is 7.17. The van der Waals surface area contributed by atoms with E-state index in [4.69, 9.17) is 5.21 Å². The lowest BCUT2D eigenvalue weighted by atomic mass is 10.3. The van der Waals surface area contributed by atoms with Crippen LogP contribution in [0.15, 0.2) is 42.6 Å². The number of nitrogens with zero attached hydrogens (tertiary/aromatic N) is 4. The fourth-order valence-electron chi connectivity index (χ4n) is 3.06. The van der Waals surface area contributed by atoms with Gasteiger partial charge in [0, 0.05) is 19.3 Å². The molecule has 0 saturated heterocycles. The van der Waals surface area contributed by atoms with Crippen molar-refractivity contribution in [2.75, 3.05) is 6.54 Å². The highest BCUT2D eigenvalue weighted by Crippen LogP contribution is 2.28. The van der Waals surface area contributed by atoms with Gasteiger partial charge in [0.25, 0.3) is 11.8 Å². The summed E-state index contributed by atoms with van der Waals surface area (Å²) in [5.74, 6) is -0.711. The molecule has 3 aromatic rings. The lowest BCUT2D eigenvalue weighted by Gasteiger charge is -2.19. The van der Waals surface area contributed by atoms with Crippen LogP contribution in [0.2, 0.25) is 0 Å². The van der Waals surface area contributed by atoms with E-state index in [1.165, 1.54) is 11.3 Å². The molecule has 0 radical (unpaired) electrons. The molecule has 0 unspecified atom stereocenters. The number of hydrogen-bond donors (Lipinski definition) is 2. The number of hydrogen-bond acceptors (Lipinski definition) is 6. The highest BCUT2D eigenvalue weighted by Gasteiger charge is 2.24. The third-order valence-corrected chi connectivity index (χ3v) is 5.47. The quantitative estimate of drug-likeness (QED) is 0.533. The maximum absolute atomic E-state index is 13.0. The number of rotatable bonds is 3. The van der Waals surface area contributed by atoms with E-state index in [1.54, 1.807) is 27.3 Å². The third-order valence-electron chi connectivity index (χ3n) is 4.37. The summed E-state index contributed by atoms with van der Waals surface area (Å²) in [7, 11) is 0. The van der Waals surface area contributed by atoms with Crippen LogP contribution in [0.5, 0.6) is 0 Å². The van der Waals surface area contributed by atoms with E-state index in [9.17, 15) is 9.59 Å². The van der Waals surface area contributed by atoms with Gasteiger partial charge in [0.1, 0.15) is 0 Å². The van der Waals surface area contributed by atoms with Gasteiger partial charge < -0.3 is 4.90 Å². The zero-order valence-corrected chi connectivity index (χ0v) is 15.1. The van der Waals surface area contributed by atoms with Crippen molar-refractivity contribution in [3.8, 4) is 10.6 Å². The van der Waals surface area contributed by atoms with E-state index in [-0.39, 0.29) is 11.6 Å². The van der Waals surface area contributed by atoms with Crippen molar-refractivity contribution in [3.63, 3.8) is 0 Å². The minimum Gasteiger partial charge on any atom is -0.332 e. The number of thiophene rings is 1. The summed E-state index contributed by atoms with van der Waals surface area (Å²) in [5, 5.41) is 13.0. The number of fused-ring (bicyclic) bond motifs is 1. The highest BCUT2D eigenvalue weighted by atomic mass is 32.1. The molecule has 9 heteroatoms. The van der Waals surface area contributed by atoms with Crippen molar-refractivity contribution in [2.24, 2.45) is 0 Å². The van der Waals surface area contributed by atoms with Gasteiger partial charge in [-0.15, -0.1) is 11.3 Å². The number of carbonyl (C=O) groups excluding carboxylic acids is 2. The lowest BCUT2D eigenvalue weighted by Crippen LogP contribution is -2.30. The molecule has 2 amide bonds. The van der Waals surface area contributed by atoms with Gasteiger partial charge in [-0.25, -0.2) is 5.48 Å². The number of pyridine rings is 1. The van der Waals surface area contributed by atoms with E-state index in [0.717, 1.165) is 22.7 Å². The number of carbonyl (C=O) groups is 2. The Morgan fingerprint density at radius 1 is 1.19 bits per heavy atom. The molecule has 8 nitrogen and oxygen atoms in total. The Hall–Kier alpha value is -3.04. The standard InChI is InChI=1S/C18H17N5O3S/c24-17(21-26)14-10-12-11-22(8-3-9-23(12)20-14)18(25)16-6-5-15(27-16)13-4-1-2-7-19-13/h1-2,4-7,10,26H,3,8-9,11H2,(H,21,24). The summed E-state index contributed by atoms with van der Waals surface area (Å²) in [6, 6.07) is 11.0. The summed E-state index contributed by atoms with van der Waals surface area (Å²) in [4.78, 5) is 32.2. The maximum Gasteiger partial charge on any atom is 0.295 e. The van der Waals surface area contributed by atoms with E-state index >= 15 is 0 Å². The Balaban J connectivity index is 1.55. The zero-order valence-electron chi connectivity index (χ0n) is 14.3. The maximum atomic E-state index is 13.0. The SMILES string of the molecule is O=C(NO)c1cc2n(n1)CCCN(C(=O)c1ccc(-c3ccccn3)s1)C2. The second-order valence-corrected chi connectivity index (χ2v) is 7.23. The molecule has 1 aliphatic rings. The largest absolute Gasteiger partial charge is 0.332 e. The third kappa shape index (κ3) is 3.46. The summed E-state index contributed by atoms with van der Waals surface area (Å²) >= 11 is 1.42. The van der Waals surface area contributed by atoms with E-state index in [1.807, 2.05) is 30.3 Å². The molecule has 0 aromatic carbocycles. The Labute approximate surface area is 159 Å². The molecule has 0 saturated carbocycles. The predicted molar refractivity (Wildman–Crippen MR) is 98.4 cm³/mol. The average molecular weight is 383 g/mol. The second kappa shape index (κ2) is 7.29. The molecule has 27 heavy (non-hydrogen) atoms. The first-order chi connectivity index (χ1) is 13.2. The normalized spacial score (nSPS) is 13.7. The number of aryl methyl sites for hydroxylation is 1. The Kier molecular flexibility index (Phi) is 4.69. The molecular weight excluding hydrogens is 366 g/mol. The Morgan fingerprint density at radius 2 is 2.07 bits per heavy atom. The summed E-state index contributed by atoms with van der Waals surface area (Å²) < 4.78 is 1.71. The smallest absolute Gasteiger partial charge is 0.295 e. The molecule has 4 heterocycles. The van der Waals surface area contributed by atoms with Gasteiger partial charge >= 0.3 is 0 Å². The number of aromatic nitrogens is 3. The molecule has 0 bridgehead atoms. The van der Waals surface area contributed by atoms with Gasteiger partial charge in [-0.2, -0.15) is 5.10 Å². The summed E-state index contributed by atoms with van der Waals surface area (Å²) in [5.41, 5.74) is 3.33. The van der Waals surface area contributed by atoms with Gasteiger partial charge in [0.2, 0.25) is 0 Å². The molecule has 0 fully saturated rings. The van der Waals surface area contributed by atoms with Crippen LogP contribution in [0.4, 0.5) is 0 Å². The van der Waals surface area contributed by atoms with Crippen molar-refractivity contribution in [2.45, 2.75) is 19.5 Å². The van der Waals surface area contributed by atoms with E-state index < -0.39 is 5.91 Å². The molecule has 0 aliphatic carbocycles. The molecule has 4 rings (SSSR count). The first kappa shape index (κ1) is 17.4. The van der Waals surface area contributed by atoms with Crippen LogP contribution in [0.1, 0.15) is 32.3 Å². The fraction of sp³-hybridized carbons (Fsp3) is 0.222. The molecule has 0 spiro atoms. The second-order valence-electron chi connectivity index (χ2n) is 6.14. The van der Waals surface area contributed by atoms with Gasteiger partial charge in [-0.05, 0) is 36.8 Å². The Bertz CT molecular complexity index is 982. The minimum atomic E-state index is -0.660. The number of hydroxylamine groups is 1. The van der Waals surface area contributed by atoms with Crippen LogP contribution < -0.4 is 5.48 Å². The van der Waals surface area contributed by atoms with E-state index in [0.29, 0.717) is 24.5 Å². The predicted octanol–water partition coefficient (Wildman–Crippen LogP) is 2.17. The van der Waals surface area contributed by atoms with Crippen LogP contribution in [0.25, 0.3) is 10.6 Å². The molecule has 3 aromatic heterocycles. The van der Waals surface area contributed by atoms with Crippen molar-refractivity contribution < 1.29 is 14.8 Å². The first-order valence-corrected chi connectivity index (χ1v) is 9.29. The first-order valence-electron chi connectivity index (χ1n) is 8.47. The van der Waals surface area contributed by atoms with Gasteiger partial charge in [0.15, 0.2) is 5.69 Å². The molecular formula is C18H17N5O3S. The average Bonchev–Trinajstić information content (AvgIpc) is 3.30. The molecule has 0 atom stereocenters. The molecule has 1 aliphatic heterocycles. The zero-order chi connectivity index (χ0) is 18.8. The van der Waals surface area contributed by atoms with Crippen molar-refractivity contribution in [1.82, 2.24) is 25.1 Å². The monoisotopic (exact) mass is 383 g/mol. The van der Waals surface area contributed by atoms with Gasteiger partial charge in [-0.1, -0.05) is 6.07 Å². The molecule has 138 valence electrons. The lowest BCUT2D eigenvalue weighted by molar-refractivity contribution is 0.0699. The topological polar surface area (TPSA) is 100 Å². The van der Waals surface area contributed by atoms with Crippen molar-refractivity contribution in [3.05, 3.63) is 58.9 Å². The van der Waals surface area contributed by atoms with Crippen LogP contribution in [0.3, 0.4) is 0 Å². The van der Waals surface area contributed by atoms with Crippen LogP contribution in [-0.4, -0.2) is 43.2 Å². The number of nitrogens with one attached hydrogen (secondary N) is 1.